The lowest BCUT2D eigenvalue weighted by Crippen LogP contribution is -2.50. The van der Waals surface area contributed by atoms with Crippen LogP contribution in [0.25, 0.3) is 11.0 Å². The van der Waals surface area contributed by atoms with Crippen LogP contribution >= 0.6 is 0 Å². The maximum atomic E-state index is 12.3. The summed E-state index contributed by atoms with van der Waals surface area (Å²) in [5, 5.41) is 7.35. The summed E-state index contributed by atoms with van der Waals surface area (Å²) in [5.74, 6) is 0.132. The maximum Gasteiger partial charge on any atom is 0.244 e. The molecule has 3 heterocycles. The molecule has 0 atom stereocenters. The standard InChI is InChI=1S/C9H9F2N5/c10-7(11)5-2-16(3-5)9-6-1-14-15-8(6)12-4-13-9/h1,4-5,7H,2-3H2,(H,12,13,14,15). The summed E-state index contributed by atoms with van der Waals surface area (Å²) >= 11 is 0. The van der Waals surface area contributed by atoms with Crippen molar-refractivity contribution in [1.82, 2.24) is 20.2 Å². The molecule has 1 fully saturated rings. The number of rotatable bonds is 2. The summed E-state index contributed by atoms with van der Waals surface area (Å²) in [6, 6.07) is 0. The molecule has 1 N–H and O–H groups in total. The van der Waals surface area contributed by atoms with Gasteiger partial charge in [0.05, 0.1) is 17.5 Å². The number of hydrogen-bond donors (Lipinski definition) is 1. The van der Waals surface area contributed by atoms with Crippen LogP contribution in [0.15, 0.2) is 12.5 Å². The van der Waals surface area contributed by atoms with Gasteiger partial charge in [0.15, 0.2) is 5.65 Å². The van der Waals surface area contributed by atoms with Gasteiger partial charge in [0.25, 0.3) is 0 Å². The Bertz CT molecular complexity index is 505. The zero-order valence-corrected chi connectivity index (χ0v) is 8.27. The molecule has 1 saturated heterocycles. The number of hydrogen-bond acceptors (Lipinski definition) is 4. The second-order valence-corrected chi connectivity index (χ2v) is 3.83. The Balaban J connectivity index is 1.88. The van der Waals surface area contributed by atoms with Gasteiger partial charge < -0.3 is 4.90 Å². The summed E-state index contributed by atoms with van der Waals surface area (Å²) in [4.78, 5) is 9.91. The van der Waals surface area contributed by atoms with Crippen LogP contribution < -0.4 is 4.90 Å². The van der Waals surface area contributed by atoms with Gasteiger partial charge in [-0.25, -0.2) is 18.7 Å². The average Bonchev–Trinajstić information content (AvgIpc) is 2.63. The fourth-order valence-electron chi connectivity index (χ4n) is 1.85. The summed E-state index contributed by atoms with van der Waals surface area (Å²) in [7, 11) is 0. The lowest BCUT2D eigenvalue weighted by molar-refractivity contribution is 0.0612. The summed E-state index contributed by atoms with van der Waals surface area (Å²) in [6.45, 7) is 0.684. The van der Waals surface area contributed by atoms with E-state index in [1.165, 1.54) is 6.33 Å². The van der Waals surface area contributed by atoms with E-state index < -0.39 is 12.3 Å². The van der Waals surface area contributed by atoms with E-state index in [0.29, 0.717) is 24.6 Å². The van der Waals surface area contributed by atoms with E-state index >= 15 is 0 Å². The molecule has 3 rings (SSSR count). The van der Waals surface area contributed by atoms with Crippen molar-refractivity contribution in [2.75, 3.05) is 18.0 Å². The third-order valence-corrected chi connectivity index (χ3v) is 2.79. The van der Waals surface area contributed by atoms with Crippen molar-refractivity contribution in [1.29, 1.82) is 0 Å². The van der Waals surface area contributed by atoms with Gasteiger partial charge >= 0.3 is 0 Å². The number of halogens is 2. The highest BCUT2D eigenvalue weighted by molar-refractivity contribution is 5.86. The van der Waals surface area contributed by atoms with Gasteiger partial charge in [-0.15, -0.1) is 0 Å². The first-order chi connectivity index (χ1) is 7.75. The van der Waals surface area contributed by atoms with E-state index in [9.17, 15) is 8.78 Å². The van der Waals surface area contributed by atoms with Crippen LogP contribution in [0.4, 0.5) is 14.6 Å². The maximum absolute atomic E-state index is 12.3. The van der Waals surface area contributed by atoms with Crippen LogP contribution in [0.2, 0.25) is 0 Å². The van der Waals surface area contributed by atoms with Crippen LogP contribution in [0.3, 0.4) is 0 Å². The molecule has 0 unspecified atom stereocenters. The number of alkyl halides is 2. The van der Waals surface area contributed by atoms with Crippen molar-refractivity contribution in [3.05, 3.63) is 12.5 Å². The van der Waals surface area contributed by atoms with Crippen LogP contribution in [0.1, 0.15) is 0 Å². The number of H-pyrrole nitrogens is 1. The molecule has 0 aromatic carbocycles. The molecule has 2 aromatic rings. The van der Waals surface area contributed by atoms with E-state index in [0.717, 1.165) is 5.39 Å². The molecule has 5 nitrogen and oxygen atoms in total. The van der Waals surface area contributed by atoms with Gasteiger partial charge in [0.1, 0.15) is 12.1 Å². The molecule has 0 amide bonds. The van der Waals surface area contributed by atoms with Gasteiger partial charge in [0.2, 0.25) is 6.43 Å². The quantitative estimate of drug-likeness (QED) is 0.830. The highest BCUT2D eigenvalue weighted by atomic mass is 19.3. The average molecular weight is 225 g/mol. The highest BCUT2D eigenvalue weighted by Gasteiger charge is 2.35. The van der Waals surface area contributed by atoms with E-state index in [1.807, 2.05) is 4.90 Å². The zero-order valence-electron chi connectivity index (χ0n) is 8.27. The van der Waals surface area contributed by atoms with Crippen LogP contribution in [-0.4, -0.2) is 39.7 Å². The molecule has 0 aliphatic carbocycles. The van der Waals surface area contributed by atoms with Gasteiger partial charge in [-0.2, -0.15) is 5.10 Å². The smallest absolute Gasteiger partial charge is 0.244 e. The van der Waals surface area contributed by atoms with Crippen molar-refractivity contribution in [3.8, 4) is 0 Å². The lowest BCUT2D eigenvalue weighted by Gasteiger charge is -2.39. The minimum atomic E-state index is -2.25. The zero-order chi connectivity index (χ0) is 11.1. The van der Waals surface area contributed by atoms with Gasteiger partial charge in [-0.3, -0.25) is 5.10 Å². The topological polar surface area (TPSA) is 57.7 Å². The first kappa shape index (κ1) is 9.44. The third kappa shape index (κ3) is 1.31. The van der Waals surface area contributed by atoms with Crippen LogP contribution in [-0.2, 0) is 0 Å². The first-order valence-corrected chi connectivity index (χ1v) is 4.93. The Kier molecular flexibility index (Phi) is 1.98. The minimum Gasteiger partial charge on any atom is -0.355 e. The summed E-state index contributed by atoms with van der Waals surface area (Å²) in [6.07, 6.45) is 0.768. The molecule has 1 aliphatic heterocycles. The predicted octanol–water partition coefficient (Wildman–Crippen LogP) is 1.05. The Morgan fingerprint density at radius 1 is 1.38 bits per heavy atom. The summed E-state index contributed by atoms with van der Waals surface area (Å²) in [5.41, 5.74) is 0.630. The monoisotopic (exact) mass is 225 g/mol. The molecule has 0 bridgehead atoms. The van der Waals surface area contributed by atoms with Gasteiger partial charge in [-0.1, -0.05) is 0 Å². The molecular weight excluding hydrogens is 216 g/mol. The Morgan fingerprint density at radius 3 is 2.94 bits per heavy atom. The van der Waals surface area contributed by atoms with Gasteiger partial charge in [-0.05, 0) is 0 Å². The van der Waals surface area contributed by atoms with E-state index in [4.69, 9.17) is 0 Å². The normalized spacial score (nSPS) is 17.1. The molecule has 16 heavy (non-hydrogen) atoms. The number of aromatic amines is 1. The van der Waals surface area contributed by atoms with E-state index in [-0.39, 0.29) is 0 Å². The molecule has 0 saturated carbocycles. The second kappa shape index (κ2) is 3.36. The molecule has 7 heteroatoms. The number of nitrogens with one attached hydrogen (secondary N) is 1. The molecule has 0 spiro atoms. The number of aromatic nitrogens is 4. The molecule has 1 aliphatic rings. The van der Waals surface area contributed by atoms with E-state index in [2.05, 4.69) is 20.2 Å². The van der Waals surface area contributed by atoms with Crippen molar-refractivity contribution in [3.63, 3.8) is 0 Å². The number of fused-ring (bicyclic) bond motifs is 1. The lowest BCUT2D eigenvalue weighted by atomic mass is 10.0. The van der Waals surface area contributed by atoms with Crippen LogP contribution in [0, 0.1) is 5.92 Å². The van der Waals surface area contributed by atoms with Crippen molar-refractivity contribution >= 4 is 16.9 Å². The van der Waals surface area contributed by atoms with E-state index in [1.54, 1.807) is 6.20 Å². The first-order valence-electron chi connectivity index (χ1n) is 4.93. The van der Waals surface area contributed by atoms with Crippen LogP contribution in [0.5, 0.6) is 0 Å². The highest BCUT2D eigenvalue weighted by Crippen LogP contribution is 2.30. The number of anilines is 1. The fourth-order valence-corrected chi connectivity index (χ4v) is 1.85. The Hall–Kier alpha value is -1.79. The third-order valence-electron chi connectivity index (χ3n) is 2.79. The Labute approximate surface area is 89.5 Å². The molecule has 84 valence electrons. The van der Waals surface area contributed by atoms with Crippen molar-refractivity contribution in [2.24, 2.45) is 5.92 Å². The van der Waals surface area contributed by atoms with Gasteiger partial charge in [0, 0.05) is 13.1 Å². The van der Waals surface area contributed by atoms with Crippen molar-refractivity contribution in [2.45, 2.75) is 6.43 Å². The largest absolute Gasteiger partial charge is 0.355 e. The summed E-state index contributed by atoms with van der Waals surface area (Å²) < 4.78 is 24.7. The Morgan fingerprint density at radius 2 is 2.19 bits per heavy atom. The predicted molar refractivity (Wildman–Crippen MR) is 53.4 cm³/mol. The fraction of sp³-hybridized carbons (Fsp3) is 0.444. The molecule has 0 radical (unpaired) electrons. The second-order valence-electron chi connectivity index (χ2n) is 3.83. The number of nitrogens with zero attached hydrogens (tertiary/aromatic N) is 4. The van der Waals surface area contributed by atoms with Crippen molar-refractivity contribution < 1.29 is 8.78 Å². The SMILES string of the molecule is FC(F)C1CN(c2ncnc3[nH]ncc23)C1. The molecule has 2 aromatic heterocycles. The molecular formula is C9H9F2N5. The minimum absolute atomic E-state index is 0.342.